The molecule has 2 aliphatic heterocycles. The molecule has 11 heteroatoms. The molecule has 8 nitrogen and oxygen atoms in total. The van der Waals surface area contributed by atoms with Gasteiger partial charge in [0.05, 0.1) is 16.0 Å². The summed E-state index contributed by atoms with van der Waals surface area (Å²) in [4.78, 5) is 22.7. The number of carbonyl (C=O) groups is 1. The molecule has 1 atom stereocenters. The summed E-state index contributed by atoms with van der Waals surface area (Å²) in [7, 11) is -4.13. The SMILES string of the molecule is CCCCCCCN1C(=O)\C(=C/C=C/C=C2\Sc3cc4ccccc4cc3N2CCC(C)S(=O)(=O)O)N(c2ccccc2)C1=S.CCN(CC)CC. The summed E-state index contributed by atoms with van der Waals surface area (Å²) >= 11 is 7.43. The molecule has 3 aromatic rings. The lowest BCUT2D eigenvalue weighted by molar-refractivity contribution is -0.122. The van der Waals surface area contributed by atoms with E-state index in [1.165, 1.54) is 39.4 Å². The first-order chi connectivity index (χ1) is 25.0. The monoisotopic (exact) mass is 762 g/mol. The molecular weight excluding hydrogens is 709 g/mol. The van der Waals surface area contributed by atoms with Crippen molar-refractivity contribution in [1.82, 2.24) is 9.80 Å². The predicted molar refractivity (Wildman–Crippen MR) is 224 cm³/mol. The molecular formula is C41H54N4O4S3. The van der Waals surface area contributed by atoms with Crippen molar-refractivity contribution in [3.63, 3.8) is 0 Å². The van der Waals surface area contributed by atoms with Crippen molar-refractivity contribution in [3.05, 3.63) is 102 Å². The number of allylic oxidation sites excluding steroid dienone is 4. The van der Waals surface area contributed by atoms with E-state index in [9.17, 15) is 17.8 Å². The summed E-state index contributed by atoms with van der Waals surface area (Å²) in [6.07, 6.45) is 13.3. The normalized spacial score (nSPS) is 16.9. The molecule has 1 unspecified atom stereocenters. The van der Waals surface area contributed by atoms with E-state index in [1.807, 2.05) is 71.7 Å². The first kappa shape index (κ1) is 41.3. The van der Waals surface area contributed by atoms with Crippen LogP contribution in [0.1, 0.15) is 73.1 Å². The second kappa shape index (κ2) is 20.1. The summed E-state index contributed by atoms with van der Waals surface area (Å²) in [6.45, 7) is 14.8. The third-order valence-electron chi connectivity index (χ3n) is 9.44. The van der Waals surface area contributed by atoms with E-state index in [-0.39, 0.29) is 12.3 Å². The molecule has 1 amide bonds. The Kier molecular flexibility index (Phi) is 16.0. The third kappa shape index (κ3) is 10.8. The van der Waals surface area contributed by atoms with Gasteiger partial charge in [-0.3, -0.25) is 19.1 Å². The van der Waals surface area contributed by atoms with Crippen LogP contribution >= 0.6 is 24.0 Å². The van der Waals surface area contributed by atoms with Gasteiger partial charge < -0.3 is 9.80 Å². The first-order valence-corrected chi connectivity index (χ1v) is 21.2. The van der Waals surface area contributed by atoms with Gasteiger partial charge in [-0.2, -0.15) is 8.42 Å². The second-order valence-electron chi connectivity index (χ2n) is 12.9. The summed E-state index contributed by atoms with van der Waals surface area (Å²) in [5.74, 6) is -0.105. The van der Waals surface area contributed by atoms with Gasteiger partial charge in [0.1, 0.15) is 5.70 Å². The van der Waals surface area contributed by atoms with Gasteiger partial charge in [0, 0.05) is 23.7 Å². The Balaban J connectivity index is 0.000000785. The van der Waals surface area contributed by atoms with Crippen molar-refractivity contribution in [2.75, 3.05) is 42.5 Å². The van der Waals surface area contributed by atoms with Crippen molar-refractivity contribution in [1.29, 1.82) is 0 Å². The molecule has 0 bridgehead atoms. The standard InChI is InChI=1S/C35H39N3O4S3.C6H15N/c1-3-4-5-6-14-22-37-34(39)30(38(35(37)43)29-17-8-7-9-18-29)19-12-13-20-33-36(23-21-26(2)45(40,41)42)31-24-27-15-10-11-16-28(27)25-32(31)44-33;1-4-7(5-2)6-3/h7-13,15-20,24-26H,3-6,14,21-23H2,1-2H3,(H,40,41,42);4-6H2,1-3H3/b13-12+,30-19+,33-20-;. The van der Waals surface area contributed by atoms with Gasteiger partial charge >= 0.3 is 0 Å². The van der Waals surface area contributed by atoms with Crippen molar-refractivity contribution in [3.8, 4) is 0 Å². The first-order valence-electron chi connectivity index (χ1n) is 18.5. The van der Waals surface area contributed by atoms with Gasteiger partial charge in [-0.1, -0.05) is 120 Å². The number of benzene rings is 3. The molecule has 3 aromatic carbocycles. The van der Waals surface area contributed by atoms with Crippen LogP contribution in [0.15, 0.2) is 107 Å². The third-order valence-corrected chi connectivity index (χ3v) is 12.2. The Morgan fingerprint density at radius 1 is 0.827 bits per heavy atom. The average molecular weight is 763 g/mol. The topological polar surface area (TPSA) is 84.4 Å². The highest BCUT2D eigenvalue weighted by molar-refractivity contribution is 8.03. The van der Waals surface area contributed by atoms with Gasteiger partial charge in [0.2, 0.25) is 0 Å². The minimum Gasteiger partial charge on any atom is -0.335 e. The Labute approximate surface area is 321 Å². The quantitative estimate of drug-likeness (QED) is 0.0664. The smallest absolute Gasteiger partial charge is 0.277 e. The summed E-state index contributed by atoms with van der Waals surface area (Å²) in [5, 5.41) is 2.76. The van der Waals surface area contributed by atoms with Crippen LogP contribution in [0.3, 0.4) is 0 Å². The zero-order valence-corrected chi connectivity index (χ0v) is 33.7. The molecule has 280 valence electrons. The summed E-state index contributed by atoms with van der Waals surface area (Å²) in [5.41, 5.74) is 2.34. The lowest BCUT2D eigenvalue weighted by atomic mass is 10.1. The number of fused-ring (bicyclic) bond motifs is 2. The van der Waals surface area contributed by atoms with Gasteiger partial charge in [-0.25, -0.2) is 0 Å². The van der Waals surface area contributed by atoms with Crippen LogP contribution < -0.4 is 9.80 Å². The fourth-order valence-corrected chi connectivity index (χ4v) is 8.06. The van der Waals surface area contributed by atoms with E-state index in [1.54, 1.807) is 16.7 Å². The number of nitrogens with zero attached hydrogens (tertiary/aromatic N) is 4. The van der Waals surface area contributed by atoms with Crippen LogP contribution in [0.4, 0.5) is 11.4 Å². The Bertz CT molecular complexity index is 1850. The van der Waals surface area contributed by atoms with E-state index >= 15 is 0 Å². The number of thioether (sulfide) groups is 1. The molecule has 5 rings (SSSR count). The predicted octanol–water partition coefficient (Wildman–Crippen LogP) is 9.65. The van der Waals surface area contributed by atoms with E-state index in [4.69, 9.17) is 12.2 Å². The van der Waals surface area contributed by atoms with Crippen LogP contribution in [0.2, 0.25) is 0 Å². The molecule has 2 heterocycles. The van der Waals surface area contributed by atoms with E-state index in [0.29, 0.717) is 23.9 Å². The number of carbonyl (C=O) groups excluding carboxylic acids is 1. The van der Waals surface area contributed by atoms with Gasteiger partial charge in [-0.15, -0.1) is 0 Å². The molecule has 1 fully saturated rings. The number of para-hydroxylation sites is 1. The maximum Gasteiger partial charge on any atom is 0.277 e. The summed E-state index contributed by atoms with van der Waals surface area (Å²) in [6, 6.07) is 22.1. The second-order valence-corrected chi connectivity index (χ2v) is 16.2. The number of unbranched alkanes of at least 4 members (excludes halogenated alkanes) is 4. The van der Waals surface area contributed by atoms with Gasteiger partial charge in [0.15, 0.2) is 5.11 Å². The largest absolute Gasteiger partial charge is 0.335 e. The fraction of sp³-hybridized carbons (Fsp3) is 0.415. The van der Waals surface area contributed by atoms with Crippen LogP contribution in [-0.2, 0) is 14.9 Å². The van der Waals surface area contributed by atoms with Crippen molar-refractivity contribution in [2.24, 2.45) is 0 Å². The van der Waals surface area contributed by atoms with Gasteiger partial charge in [-0.05, 0) is 98.8 Å². The number of anilines is 2. The molecule has 52 heavy (non-hydrogen) atoms. The molecule has 1 N–H and O–H groups in total. The number of hydrogen-bond acceptors (Lipinski definition) is 7. The van der Waals surface area contributed by atoms with E-state index < -0.39 is 15.4 Å². The molecule has 0 aromatic heterocycles. The zero-order chi connectivity index (χ0) is 37.7. The van der Waals surface area contributed by atoms with Crippen molar-refractivity contribution in [2.45, 2.75) is 83.3 Å². The molecule has 0 spiro atoms. The highest BCUT2D eigenvalue weighted by atomic mass is 32.2. The van der Waals surface area contributed by atoms with Gasteiger partial charge in [0.25, 0.3) is 16.0 Å². The maximum absolute atomic E-state index is 13.6. The number of rotatable bonds is 16. The zero-order valence-electron chi connectivity index (χ0n) is 31.2. The molecule has 0 aliphatic carbocycles. The highest BCUT2D eigenvalue weighted by Gasteiger charge is 2.38. The number of thiocarbonyl (C=S) groups is 1. The van der Waals surface area contributed by atoms with Crippen LogP contribution in [-0.4, -0.2) is 71.8 Å². The fourth-order valence-electron chi connectivity index (χ4n) is 6.14. The lowest BCUT2D eigenvalue weighted by Gasteiger charge is -2.22. The van der Waals surface area contributed by atoms with E-state index in [0.717, 1.165) is 51.3 Å². The number of amides is 1. The minimum absolute atomic E-state index is 0.105. The Morgan fingerprint density at radius 3 is 2.06 bits per heavy atom. The maximum atomic E-state index is 13.6. The molecule has 2 aliphatic rings. The minimum atomic E-state index is -4.13. The molecule has 1 saturated heterocycles. The average Bonchev–Trinajstić information content (AvgIpc) is 3.60. The van der Waals surface area contributed by atoms with Crippen LogP contribution in [0.5, 0.6) is 0 Å². The molecule has 0 radical (unpaired) electrons. The summed E-state index contributed by atoms with van der Waals surface area (Å²) < 4.78 is 33.0. The van der Waals surface area contributed by atoms with Crippen LogP contribution in [0, 0.1) is 0 Å². The Morgan fingerprint density at radius 2 is 1.44 bits per heavy atom. The highest BCUT2D eigenvalue weighted by Crippen LogP contribution is 2.48. The number of hydrogen-bond donors (Lipinski definition) is 1. The van der Waals surface area contributed by atoms with Crippen LogP contribution in [0.25, 0.3) is 10.8 Å². The van der Waals surface area contributed by atoms with Crippen molar-refractivity contribution >= 4 is 67.3 Å². The lowest BCUT2D eigenvalue weighted by Crippen LogP contribution is -2.33. The Hall–Kier alpha value is -3.48. The molecule has 0 saturated carbocycles. The van der Waals surface area contributed by atoms with E-state index in [2.05, 4.69) is 61.8 Å². The van der Waals surface area contributed by atoms with Crippen molar-refractivity contribution < 1.29 is 17.8 Å².